The number of carbonyl (C=O) groups is 1. The first-order chi connectivity index (χ1) is 12.0. The highest BCUT2D eigenvalue weighted by Crippen LogP contribution is 2.29. The number of nitrogens with two attached hydrogens (primary N) is 1. The highest BCUT2D eigenvalue weighted by atomic mass is 32.2. The van der Waals surface area contributed by atoms with Crippen LogP contribution < -0.4 is 11.3 Å². The predicted octanol–water partition coefficient (Wildman–Crippen LogP) is 3.85. The largest absolute Gasteiger partial charge is 0.394 e. The Hall–Kier alpha value is -2.08. The average molecular weight is 359 g/mol. The van der Waals surface area contributed by atoms with Crippen molar-refractivity contribution in [3.63, 3.8) is 0 Å². The van der Waals surface area contributed by atoms with Gasteiger partial charge in [0.05, 0.1) is 5.56 Å². The number of nitrogen functional groups attached to an aromatic ring is 1. The number of hydrogen-bond acceptors (Lipinski definition) is 5. The molecule has 1 aromatic heterocycles. The third kappa shape index (κ3) is 3.79. The lowest BCUT2D eigenvalue weighted by Gasteiger charge is -2.17. The standard InChI is InChI=1S/C19H25N3O2S/c1-5-12(6-2)18(23)15-16(20)19(24)22(7-3)21-17(15)13-8-10-14(25-4)11-9-13/h8-12H,5-7,20H2,1-4H3. The third-order valence-electron chi connectivity index (χ3n) is 4.46. The van der Waals surface area contributed by atoms with Crippen LogP contribution in [0.3, 0.4) is 0 Å². The number of hydrogen-bond donors (Lipinski definition) is 1. The van der Waals surface area contributed by atoms with Crippen molar-refractivity contribution in [2.75, 3.05) is 12.0 Å². The summed E-state index contributed by atoms with van der Waals surface area (Å²) >= 11 is 1.64. The molecule has 2 rings (SSSR count). The summed E-state index contributed by atoms with van der Waals surface area (Å²) in [4.78, 5) is 26.6. The van der Waals surface area contributed by atoms with Crippen molar-refractivity contribution in [2.24, 2.45) is 5.92 Å². The Balaban J connectivity index is 2.73. The monoisotopic (exact) mass is 359 g/mol. The minimum atomic E-state index is -0.402. The number of anilines is 1. The first kappa shape index (κ1) is 19.2. The van der Waals surface area contributed by atoms with Crippen molar-refractivity contribution in [3.05, 3.63) is 40.2 Å². The molecule has 0 spiro atoms. The quantitative estimate of drug-likeness (QED) is 0.600. The summed E-state index contributed by atoms with van der Waals surface area (Å²) in [6.07, 6.45) is 3.41. The molecular formula is C19H25N3O2S. The van der Waals surface area contributed by atoms with Crippen molar-refractivity contribution in [3.8, 4) is 11.3 Å². The molecule has 134 valence electrons. The zero-order valence-electron chi connectivity index (χ0n) is 15.2. The molecule has 0 amide bonds. The summed E-state index contributed by atoms with van der Waals surface area (Å²) in [6.45, 7) is 6.17. The molecule has 0 aliphatic rings. The summed E-state index contributed by atoms with van der Waals surface area (Å²) in [5, 5.41) is 4.45. The predicted molar refractivity (Wildman–Crippen MR) is 104 cm³/mol. The highest BCUT2D eigenvalue weighted by Gasteiger charge is 2.26. The molecule has 1 aromatic carbocycles. The molecule has 0 unspecified atom stereocenters. The fraction of sp³-hybridized carbons (Fsp3) is 0.421. The van der Waals surface area contributed by atoms with E-state index in [2.05, 4.69) is 5.10 Å². The molecule has 0 fully saturated rings. The molecule has 0 aliphatic heterocycles. The Morgan fingerprint density at radius 3 is 2.28 bits per heavy atom. The number of nitrogens with zero attached hydrogens (tertiary/aromatic N) is 2. The van der Waals surface area contributed by atoms with Gasteiger partial charge in [0, 0.05) is 22.9 Å². The first-order valence-electron chi connectivity index (χ1n) is 8.57. The second kappa shape index (κ2) is 8.34. The summed E-state index contributed by atoms with van der Waals surface area (Å²) in [5.41, 5.74) is 7.25. The molecule has 0 aliphatic carbocycles. The Bertz CT molecular complexity index is 809. The molecule has 6 heteroatoms. The van der Waals surface area contributed by atoms with E-state index in [-0.39, 0.29) is 23.0 Å². The summed E-state index contributed by atoms with van der Waals surface area (Å²) in [7, 11) is 0. The summed E-state index contributed by atoms with van der Waals surface area (Å²) in [6, 6.07) is 7.79. The van der Waals surface area contributed by atoms with Crippen LogP contribution >= 0.6 is 11.8 Å². The number of benzene rings is 1. The topological polar surface area (TPSA) is 78.0 Å². The van der Waals surface area contributed by atoms with Crippen molar-refractivity contribution in [1.82, 2.24) is 9.78 Å². The van der Waals surface area contributed by atoms with Gasteiger partial charge in [0.25, 0.3) is 5.56 Å². The molecule has 2 N–H and O–H groups in total. The minimum Gasteiger partial charge on any atom is -0.394 e. The van der Waals surface area contributed by atoms with Crippen LogP contribution in [0, 0.1) is 5.92 Å². The Morgan fingerprint density at radius 1 is 1.20 bits per heavy atom. The highest BCUT2D eigenvalue weighted by molar-refractivity contribution is 7.98. The maximum absolute atomic E-state index is 13.0. The molecule has 0 saturated heterocycles. The molecule has 1 heterocycles. The van der Waals surface area contributed by atoms with Gasteiger partial charge in [0.2, 0.25) is 0 Å². The van der Waals surface area contributed by atoms with Crippen LogP contribution in [0.2, 0.25) is 0 Å². The first-order valence-corrected chi connectivity index (χ1v) is 9.80. The van der Waals surface area contributed by atoms with Gasteiger partial charge in [-0.05, 0) is 38.2 Å². The van der Waals surface area contributed by atoms with Gasteiger partial charge in [-0.2, -0.15) is 5.10 Å². The van der Waals surface area contributed by atoms with Crippen molar-refractivity contribution in [1.29, 1.82) is 0 Å². The number of ketones is 1. The van der Waals surface area contributed by atoms with Crippen LogP contribution in [0.1, 0.15) is 44.0 Å². The zero-order valence-corrected chi connectivity index (χ0v) is 16.0. The molecular weight excluding hydrogens is 334 g/mol. The van der Waals surface area contributed by atoms with Crippen LogP contribution in [0.5, 0.6) is 0 Å². The third-order valence-corrected chi connectivity index (χ3v) is 5.20. The lowest BCUT2D eigenvalue weighted by molar-refractivity contribution is 0.0914. The normalized spacial score (nSPS) is 11.1. The fourth-order valence-corrected chi connectivity index (χ4v) is 3.28. The van der Waals surface area contributed by atoms with Gasteiger partial charge in [-0.25, -0.2) is 4.68 Å². The molecule has 0 atom stereocenters. The lowest BCUT2D eigenvalue weighted by Crippen LogP contribution is -2.30. The van der Waals surface area contributed by atoms with Gasteiger partial charge in [0.15, 0.2) is 5.78 Å². The number of aromatic nitrogens is 2. The maximum Gasteiger partial charge on any atom is 0.290 e. The lowest BCUT2D eigenvalue weighted by atomic mass is 9.90. The molecule has 5 nitrogen and oxygen atoms in total. The van der Waals surface area contributed by atoms with Crippen LogP contribution in [-0.4, -0.2) is 21.8 Å². The van der Waals surface area contributed by atoms with Crippen LogP contribution in [0.4, 0.5) is 5.69 Å². The van der Waals surface area contributed by atoms with Gasteiger partial charge in [0.1, 0.15) is 11.4 Å². The van der Waals surface area contributed by atoms with Crippen LogP contribution in [-0.2, 0) is 6.54 Å². The van der Waals surface area contributed by atoms with E-state index in [9.17, 15) is 9.59 Å². The number of carbonyl (C=O) groups excluding carboxylic acids is 1. The van der Waals surface area contributed by atoms with Crippen molar-refractivity contribution >= 4 is 23.2 Å². The van der Waals surface area contributed by atoms with E-state index in [1.807, 2.05) is 51.3 Å². The average Bonchev–Trinajstić information content (AvgIpc) is 2.64. The van der Waals surface area contributed by atoms with Gasteiger partial charge >= 0.3 is 0 Å². The van der Waals surface area contributed by atoms with E-state index in [0.29, 0.717) is 25.1 Å². The molecule has 25 heavy (non-hydrogen) atoms. The van der Waals surface area contributed by atoms with E-state index < -0.39 is 5.56 Å². The van der Waals surface area contributed by atoms with E-state index >= 15 is 0 Å². The van der Waals surface area contributed by atoms with E-state index in [1.165, 1.54) is 4.68 Å². The van der Waals surface area contributed by atoms with Gasteiger partial charge < -0.3 is 5.73 Å². The van der Waals surface area contributed by atoms with E-state index in [4.69, 9.17) is 5.73 Å². The summed E-state index contributed by atoms with van der Waals surface area (Å²) < 4.78 is 1.32. The molecule has 0 radical (unpaired) electrons. The maximum atomic E-state index is 13.0. The van der Waals surface area contributed by atoms with E-state index in [1.54, 1.807) is 11.8 Å². The van der Waals surface area contributed by atoms with Crippen LogP contribution in [0.25, 0.3) is 11.3 Å². The Labute approximate surface area is 152 Å². The number of rotatable bonds is 7. The molecule has 2 aromatic rings. The zero-order chi connectivity index (χ0) is 18.6. The molecule has 0 bridgehead atoms. The number of aryl methyl sites for hydroxylation is 1. The van der Waals surface area contributed by atoms with Gasteiger partial charge in [-0.1, -0.05) is 26.0 Å². The van der Waals surface area contributed by atoms with Crippen LogP contribution in [0.15, 0.2) is 34.0 Å². The van der Waals surface area contributed by atoms with E-state index in [0.717, 1.165) is 10.5 Å². The number of Topliss-reactive ketones (excluding diaryl/α,β-unsaturated/α-hetero) is 1. The second-order valence-corrected chi connectivity index (χ2v) is 6.74. The van der Waals surface area contributed by atoms with Crippen molar-refractivity contribution in [2.45, 2.75) is 45.1 Å². The fourth-order valence-electron chi connectivity index (χ4n) is 2.87. The molecule has 0 saturated carbocycles. The summed E-state index contributed by atoms with van der Waals surface area (Å²) in [5.74, 6) is -0.260. The van der Waals surface area contributed by atoms with Gasteiger partial charge in [-0.3, -0.25) is 9.59 Å². The Morgan fingerprint density at radius 2 is 1.80 bits per heavy atom. The second-order valence-electron chi connectivity index (χ2n) is 5.86. The van der Waals surface area contributed by atoms with Crippen molar-refractivity contribution < 1.29 is 4.79 Å². The number of thioether (sulfide) groups is 1. The SMILES string of the molecule is CCC(CC)C(=O)c1c(-c2ccc(SC)cc2)nn(CC)c(=O)c1N. The minimum absolute atomic E-state index is 0.00214. The Kier molecular flexibility index (Phi) is 6.42. The smallest absolute Gasteiger partial charge is 0.290 e. The van der Waals surface area contributed by atoms with Gasteiger partial charge in [-0.15, -0.1) is 11.8 Å².